The van der Waals surface area contributed by atoms with Crippen LogP contribution < -0.4 is 0 Å². The van der Waals surface area contributed by atoms with Crippen molar-refractivity contribution in [3.63, 3.8) is 0 Å². The number of aromatic nitrogens is 2. The standard InChI is InChI=1S/C16H18N2O/c19-16(12-7-3-1-2-4-8-12)15-11-17-13-9-5-6-10-14(13)18-15/h5-7,9-11,16,19H,1-4,8H2. The van der Waals surface area contributed by atoms with Crippen molar-refractivity contribution in [1.82, 2.24) is 9.97 Å². The molecular weight excluding hydrogens is 236 g/mol. The minimum absolute atomic E-state index is 0.602. The van der Waals surface area contributed by atoms with Crippen molar-refractivity contribution in [3.8, 4) is 0 Å². The van der Waals surface area contributed by atoms with Crippen molar-refractivity contribution in [3.05, 3.63) is 47.8 Å². The zero-order valence-corrected chi connectivity index (χ0v) is 10.9. The van der Waals surface area contributed by atoms with E-state index in [1.165, 1.54) is 12.8 Å². The summed E-state index contributed by atoms with van der Waals surface area (Å²) in [7, 11) is 0. The molecular formula is C16H18N2O. The third-order valence-corrected chi connectivity index (χ3v) is 3.67. The predicted octanol–water partition coefficient (Wildman–Crippen LogP) is 3.55. The fourth-order valence-corrected chi connectivity index (χ4v) is 2.58. The molecule has 1 aromatic carbocycles. The number of benzene rings is 1. The fourth-order valence-electron chi connectivity index (χ4n) is 2.58. The molecule has 3 heteroatoms. The van der Waals surface area contributed by atoms with Crippen molar-refractivity contribution >= 4 is 11.0 Å². The second-order valence-electron chi connectivity index (χ2n) is 5.06. The van der Waals surface area contributed by atoms with E-state index >= 15 is 0 Å². The first-order chi connectivity index (χ1) is 9.34. The average molecular weight is 254 g/mol. The number of para-hydroxylation sites is 2. The highest BCUT2D eigenvalue weighted by molar-refractivity contribution is 5.73. The van der Waals surface area contributed by atoms with Crippen molar-refractivity contribution in [2.45, 2.75) is 38.2 Å². The Balaban J connectivity index is 1.92. The van der Waals surface area contributed by atoms with Crippen molar-refractivity contribution in [1.29, 1.82) is 0 Å². The topological polar surface area (TPSA) is 46.0 Å². The maximum Gasteiger partial charge on any atom is 0.119 e. The van der Waals surface area contributed by atoms with E-state index in [0.717, 1.165) is 35.9 Å². The summed E-state index contributed by atoms with van der Waals surface area (Å²) in [5.41, 5.74) is 3.47. The van der Waals surface area contributed by atoms with Crippen LogP contribution in [0.25, 0.3) is 11.0 Å². The van der Waals surface area contributed by atoms with E-state index in [4.69, 9.17) is 0 Å². The van der Waals surface area contributed by atoms with Gasteiger partial charge in [0.05, 0.1) is 22.9 Å². The molecule has 1 atom stereocenters. The number of hydrogen-bond donors (Lipinski definition) is 1. The molecule has 98 valence electrons. The highest BCUT2D eigenvalue weighted by Crippen LogP contribution is 2.28. The maximum absolute atomic E-state index is 10.5. The van der Waals surface area contributed by atoms with Crippen LogP contribution in [0.4, 0.5) is 0 Å². The first kappa shape index (κ1) is 12.3. The van der Waals surface area contributed by atoms with Gasteiger partial charge in [0.1, 0.15) is 6.10 Å². The first-order valence-electron chi connectivity index (χ1n) is 6.93. The van der Waals surface area contributed by atoms with Gasteiger partial charge in [-0.05, 0) is 43.4 Å². The van der Waals surface area contributed by atoms with Crippen LogP contribution in [-0.4, -0.2) is 15.1 Å². The van der Waals surface area contributed by atoms with Crippen molar-refractivity contribution in [2.75, 3.05) is 0 Å². The lowest BCUT2D eigenvalue weighted by molar-refractivity contribution is 0.206. The van der Waals surface area contributed by atoms with E-state index < -0.39 is 6.10 Å². The highest BCUT2D eigenvalue weighted by Gasteiger charge is 2.16. The number of aliphatic hydroxyl groups is 1. The molecule has 0 aliphatic heterocycles. The first-order valence-corrected chi connectivity index (χ1v) is 6.93. The van der Waals surface area contributed by atoms with Gasteiger partial charge in [-0.2, -0.15) is 0 Å². The number of fused-ring (bicyclic) bond motifs is 1. The minimum Gasteiger partial charge on any atom is -0.382 e. The second-order valence-corrected chi connectivity index (χ2v) is 5.06. The van der Waals surface area contributed by atoms with E-state index in [0.29, 0.717) is 5.69 Å². The van der Waals surface area contributed by atoms with Crippen LogP contribution >= 0.6 is 0 Å². The molecule has 3 nitrogen and oxygen atoms in total. The molecule has 3 rings (SSSR count). The zero-order valence-electron chi connectivity index (χ0n) is 10.9. The molecule has 0 bridgehead atoms. The van der Waals surface area contributed by atoms with Gasteiger partial charge in [0.15, 0.2) is 0 Å². The molecule has 1 unspecified atom stereocenters. The van der Waals surface area contributed by atoms with Crippen LogP contribution in [0.15, 0.2) is 42.1 Å². The Bertz CT molecular complexity index is 606. The van der Waals surface area contributed by atoms with Gasteiger partial charge in [0.25, 0.3) is 0 Å². The molecule has 1 aliphatic rings. The summed E-state index contributed by atoms with van der Waals surface area (Å²) >= 11 is 0. The third kappa shape index (κ3) is 2.66. The van der Waals surface area contributed by atoms with Crippen LogP contribution in [0.1, 0.15) is 43.9 Å². The molecule has 1 aromatic heterocycles. The summed E-state index contributed by atoms with van der Waals surface area (Å²) in [6.45, 7) is 0. The Morgan fingerprint density at radius 2 is 1.89 bits per heavy atom. The van der Waals surface area contributed by atoms with Crippen LogP contribution in [0.2, 0.25) is 0 Å². The van der Waals surface area contributed by atoms with Gasteiger partial charge in [0.2, 0.25) is 0 Å². The molecule has 0 saturated heterocycles. The summed E-state index contributed by atoms with van der Waals surface area (Å²) in [6, 6.07) is 7.75. The normalized spacial score (nSPS) is 17.8. The summed E-state index contributed by atoms with van der Waals surface area (Å²) in [5.74, 6) is 0. The zero-order chi connectivity index (χ0) is 13.1. The Kier molecular flexibility index (Phi) is 3.56. The fraction of sp³-hybridized carbons (Fsp3) is 0.375. The number of hydrogen-bond acceptors (Lipinski definition) is 3. The van der Waals surface area contributed by atoms with Crippen LogP contribution in [0.5, 0.6) is 0 Å². The monoisotopic (exact) mass is 254 g/mol. The lowest BCUT2D eigenvalue weighted by Gasteiger charge is -2.13. The second kappa shape index (κ2) is 5.49. The number of rotatable bonds is 2. The molecule has 0 spiro atoms. The van der Waals surface area contributed by atoms with E-state index in [1.807, 2.05) is 24.3 Å². The summed E-state index contributed by atoms with van der Waals surface area (Å²) < 4.78 is 0. The largest absolute Gasteiger partial charge is 0.382 e. The van der Waals surface area contributed by atoms with Gasteiger partial charge in [0, 0.05) is 0 Å². The predicted molar refractivity (Wildman–Crippen MR) is 75.7 cm³/mol. The molecule has 1 aliphatic carbocycles. The Hall–Kier alpha value is -1.74. The van der Waals surface area contributed by atoms with E-state index in [9.17, 15) is 5.11 Å². The van der Waals surface area contributed by atoms with E-state index in [2.05, 4.69) is 16.0 Å². The van der Waals surface area contributed by atoms with Gasteiger partial charge in [-0.3, -0.25) is 4.98 Å². The molecule has 0 amide bonds. The lowest BCUT2D eigenvalue weighted by atomic mass is 10.0. The quantitative estimate of drug-likeness (QED) is 0.833. The number of nitrogens with zero attached hydrogens (tertiary/aromatic N) is 2. The Labute approximate surface area is 113 Å². The molecule has 1 N–H and O–H groups in total. The van der Waals surface area contributed by atoms with Crippen LogP contribution in [-0.2, 0) is 0 Å². The molecule has 2 aromatic rings. The summed E-state index contributed by atoms with van der Waals surface area (Å²) in [5, 5.41) is 10.5. The smallest absolute Gasteiger partial charge is 0.119 e. The van der Waals surface area contributed by atoms with Gasteiger partial charge in [-0.25, -0.2) is 4.98 Å². The Morgan fingerprint density at radius 3 is 2.79 bits per heavy atom. The van der Waals surface area contributed by atoms with Crippen LogP contribution in [0.3, 0.4) is 0 Å². The van der Waals surface area contributed by atoms with Crippen molar-refractivity contribution in [2.24, 2.45) is 0 Å². The SMILES string of the molecule is OC(C1=CCCCCC1)c1cnc2ccccc2n1. The van der Waals surface area contributed by atoms with Gasteiger partial charge < -0.3 is 5.11 Å². The molecule has 0 saturated carbocycles. The molecule has 19 heavy (non-hydrogen) atoms. The van der Waals surface area contributed by atoms with E-state index in [1.54, 1.807) is 6.20 Å². The third-order valence-electron chi connectivity index (χ3n) is 3.67. The molecule has 0 radical (unpaired) electrons. The lowest BCUT2D eigenvalue weighted by Crippen LogP contribution is -2.05. The maximum atomic E-state index is 10.5. The Morgan fingerprint density at radius 1 is 1.05 bits per heavy atom. The van der Waals surface area contributed by atoms with E-state index in [-0.39, 0.29) is 0 Å². The highest BCUT2D eigenvalue weighted by atomic mass is 16.3. The van der Waals surface area contributed by atoms with Crippen molar-refractivity contribution < 1.29 is 5.11 Å². The summed E-state index contributed by atoms with van der Waals surface area (Å²) in [4.78, 5) is 8.90. The van der Waals surface area contributed by atoms with Gasteiger partial charge >= 0.3 is 0 Å². The van der Waals surface area contributed by atoms with Gasteiger partial charge in [-0.1, -0.05) is 24.6 Å². The molecule has 0 fully saturated rings. The number of allylic oxidation sites excluding steroid dienone is 1. The van der Waals surface area contributed by atoms with Gasteiger partial charge in [-0.15, -0.1) is 0 Å². The number of aliphatic hydroxyl groups excluding tert-OH is 1. The van der Waals surface area contributed by atoms with Crippen LogP contribution in [0, 0.1) is 0 Å². The average Bonchev–Trinajstić information content (AvgIpc) is 2.75. The summed E-state index contributed by atoms with van der Waals surface area (Å²) in [6.07, 6.45) is 8.92. The minimum atomic E-state index is -0.602. The molecule has 1 heterocycles.